The van der Waals surface area contributed by atoms with Gasteiger partial charge in [-0.05, 0) is 30.9 Å². The molecule has 1 fully saturated rings. The van der Waals surface area contributed by atoms with Crippen LogP contribution in [0.5, 0.6) is 0 Å². The lowest BCUT2D eigenvalue weighted by Crippen LogP contribution is -2.29. The Bertz CT molecular complexity index is 621. The normalized spacial score (nSPS) is 18.6. The highest BCUT2D eigenvalue weighted by molar-refractivity contribution is 6.06. The van der Waals surface area contributed by atoms with Crippen molar-refractivity contribution in [3.63, 3.8) is 0 Å². The predicted octanol–water partition coefficient (Wildman–Crippen LogP) is 2.08. The molecule has 1 aromatic carbocycles. The van der Waals surface area contributed by atoms with Crippen LogP contribution in [0.3, 0.4) is 0 Å². The van der Waals surface area contributed by atoms with Crippen molar-refractivity contribution in [2.75, 3.05) is 19.7 Å². The molecule has 1 unspecified atom stereocenters. The molecule has 4 heteroatoms. The van der Waals surface area contributed by atoms with Crippen molar-refractivity contribution in [1.29, 1.82) is 0 Å². The minimum atomic E-state index is 0.0732. The van der Waals surface area contributed by atoms with E-state index < -0.39 is 0 Å². The van der Waals surface area contributed by atoms with Crippen molar-refractivity contribution in [1.82, 2.24) is 9.88 Å². The Kier molecular flexibility index (Phi) is 3.65. The summed E-state index contributed by atoms with van der Waals surface area (Å²) in [6.45, 7) is 1.72. The van der Waals surface area contributed by atoms with Gasteiger partial charge in [0, 0.05) is 31.3 Å². The maximum atomic E-state index is 12.6. The number of aliphatic hydroxyl groups is 1. The number of pyridine rings is 1. The second-order valence-electron chi connectivity index (χ2n) is 5.29. The number of likely N-dealkylation sites (tertiary alicyclic amines) is 1. The summed E-state index contributed by atoms with van der Waals surface area (Å²) in [5.74, 6) is 0.501. The van der Waals surface area contributed by atoms with Crippen molar-refractivity contribution in [2.45, 2.75) is 12.8 Å². The highest BCUT2D eigenvalue weighted by atomic mass is 16.3. The second kappa shape index (κ2) is 5.59. The predicted molar refractivity (Wildman–Crippen MR) is 77.5 cm³/mol. The van der Waals surface area contributed by atoms with Crippen LogP contribution in [0.1, 0.15) is 23.2 Å². The molecule has 0 aliphatic carbocycles. The average Bonchev–Trinajstić information content (AvgIpc) is 2.95. The molecule has 1 N–H and O–H groups in total. The van der Waals surface area contributed by atoms with Gasteiger partial charge in [0.2, 0.25) is 0 Å². The van der Waals surface area contributed by atoms with Crippen LogP contribution in [0.15, 0.2) is 36.5 Å². The number of aromatic nitrogens is 1. The fourth-order valence-electron chi connectivity index (χ4n) is 2.89. The van der Waals surface area contributed by atoms with Crippen LogP contribution in [0, 0.1) is 5.92 Å². The topological polar surface area (TPSA) is 53.4 Å². The van der Waals surface area contributed by atoms with E-state index in [1.54, 1.807) is 12.3 Å². The van der Waals surface area contributed by atoms with Gasteiger partial charge in [-0.1, -0.05) is 18.2 Å². The molecule has 1 aliphatic heterocycles. The zero-order valence-electron chi connectivity index (χ0n) is 11.3. The molecule has 1 amide bonds. The smallest absolute Gasteiger partial charge is 0.254 e. The number of amides is 1. The average molecular weight is 270 g/mol. The molecule has 0 radical (unpaired) electrons. The lowest BCUT2D eigenvalue weighted by Gasteiger charge is -2.17. The highest BCUT2D eigenvalue weighted by Gasteiger charge is 2.27. The Morgan fingerprint density at radius 2 is 2.20 bits per heavy atom. The van der Waals surface area contributed by atoms with E-state index in [9.17, 15) is 4.79 Å². The largest absolute Gasteiger partial charge is 0.396 e. The van der Waals surface area contributed by atoms with Crippen molar-refractivity contribution >= 4 is 16.8 Å². The second-order valence-corrected chi connectivity index (χ2v) is 5.29. The summed E-state index contributed by atoms with van der Waals surface area (Å²) in [7, 11) is 0. The summed E-state index contributed by atoms with van der Waals surface area (Å²) in [4.78, 5) is 18.8. The van der Waals surface area contributed by atoms with Crippen LogP contribution >= 0.6 is 0 Å². The molecule has 20 heavy (non-hydrogen) atoms. The molecular formula is C16H18N2O2. The molecule has 4 nitrogen and oxygen atoms in total. The number of nitrogens with zero attached hydrogens (tertiary/aromatic N) is 2. The van der Waals surface area contributed by atoms with Crippen LogP contribution in [0.4, 0.5) is 0 Å². The Labute approximate surface area is 118 Å². The summed E-state index contributed by atoms with van der Waals surface area (Å²) in [6.07, 6.45) is 3.45. The van der Waals surface area contributed by atoms with Gasteiger partial charge in [-0.15, -0.1) is 0 Å². The number of para-hydroxylation sites is 1. The third-order valence-electron chi connectivity index (χ3n) is 3.99. The molecular weight excluding hydrogens is 252 g/mol. The standard InChI is InChI=1S/C16H18N2O2/c19-10-7-12-6-9-18(11-12)16(20)14-5-8-17-15-4-2-1-3-13(14)15/h1-5,8,12,19H,6-7,9-11H2. The molecule has 0 saturated carbocycles. The van der Waals surface area contributed by atoms with E-state index in [0.717, 1.165) is 42.4 Å². The van der Waals surface area contributed by atoms with Crippen molar-refractivity contribution < 1.29 is 9.90 Å². The van der Waals surface area contributed by atoms with Crippen molar-refractivity contribution in [3.8, 4) is 0 Å². The van der Waals surface area contributed by atoms with Crippen molar-refractivity contribution in [3.05, 3.63) is 42.1 Å². The van der Waals surface area contributed by atoms with Gasteiger partial charge in [-0.2, -0.15) is 0 Å². The number of hydrogen-bond acceptors (Lipinski definition) is 3. The number of benzene rings is 1. The molecule has 104 valence electrons. The van der Waals surface area contributed by atoms with Crippen molar-refractivity contribution in [2.24, 2.45) is 5.92 Å². The van der Waals surface area contributed by atoms with Gasteiger partial charge < -0.3 is 10.0 Å². The lowest BCUT2D eigenvalue weighted by atomic mass is 10.1. The number of carbonyl (C=O) groups is 1. The number of hydrogen-bond donors (Lipinski definition) is 1. The maximum absolute atomic E-state index is 12.6. The summed E-state index contributed by atoms with van der Waals surface area (Å²) in [6, 6.07) is 9.52. The molecule has 0 spiro atoms. The Hall–Kier alpha value is -1.94. The summed E-state index contributed by atoms with van der Waals surface area (Å²) in [5, 5.41) is 9.91. The van der Waals surface area contributed by atoms with Gasteiger partial charge in [-0.25, -0.2) is 0 Å². The Morgan fingerprint density at radius 3 is 3.05 bits per heavy atom. The van der Waals surface area contributed by atoms with E-state index in [0.29, 0.717) is 5.92 Å². The first-order chi connectivity index (χ1) is 9.79. The monoisotopic (exact) mass is 270 g/mol. The fourth-order valence-corrected chi connectivity index (χ4v) is 2.89. The number of aliphatic hydroxyl groups excluding tert-OH is 1. The van der Waals surface area contributed by atoms with Crippen LogP contribution in [0.25, 0.3) is 10.9 Å². The third-order valence-corrected chi connectivity index (χ3v) is 3.99. The molecule has 0 bridgehead atoms. The van der Waals surface area contributed by atoms with E-state index in [2.05, 4.69) is 4.98 Å². The van der Waals surface area contributed by atoms with Crippen LogP contribution in [-0.2, 0) is 0 Å². The van der Waals surface area contributed by atoms with E-state index in [-0.39, 0.29) is 12.5 Å². The fraction of sp³-hybridized carbons (Fsp3) is 0.375. The lowest BCUT2D eigenvalue weighted by molar-refractivity contribution is 0.0786. The van der Waals surface area contributed by atoms with Crippen LogP contribution in [0.2, 0.25) is 0 Å². The Balaban J connectivity index is 1.86. The molecule has 2 heterocycles. The minimum Gasteiger partial charge on any atom is -0.396 e. The molecule has 2 aromatic rings. The van der Waals surface area contributed by atoms with E-state index in [4.69, 9.17) is 5.11 Å². The van der Waals surface area contributed by atoms with Gasteiger partial charge in [0.05, 0.1) is 11.1 Å². The number of fused-ring (bicyclic) bond motifs is 1. The van der Waals surface area contributed by atoms with Crippen LogP contribution in [-0.4, -0.2) is 40.6 Å². The Morgan fingerprint density at radius 1 is 1.35 bits per heavy atom. The van der Waals surface area contributed by atoms with Gasteiger partial charge in [0.25, 0.3) is 5.91 Å². The molecule has 1 aromatic heterocycles. The minimum absolute atomic E-state index is 0.0732. The maximum Gasteiger partial charge on any atom is 0.254 e. The molecule has 1 atom stereocenters. The quantitative estimate of drug-likeness (QED) is 0.929. The van der Waals surface area contributed by atoms with Gasteiger partial charge in [-0.3, -0.25) is 9.78 Å². The van der Waals surface area contributed by atoms with Gasteiger partial charge in [0.15, 0.2) is 0 Å². The SMILES string of the molecule is O=C(c1ccnc2ccccc12)N1CCC(CCO)C1. The van der Waals surface area contributed by atoms with E-state index >= 15 is 0 Å². The first kappa shape index (κ1) is 13.1. The van der Waals surface area contributed by atoms with Crippen LogP contribution < -0.4 is 0 Å². The van der Waals surface area contributed by atoms with E-state index in [1.165, 1.54) is 0 Å². The third kappa shape index (κ3) is 2.39. The first-order valence-corrected chi connectivity index (χ1v) is 7.03. The van der Waals surface area contributed by atoms with Gasteiger partial charge >= 0.3 is 0 Å². The summed E-state index contributed by atoms with van der Waals surface area (Å²) in [5.41, 5.74) is 1.57. The van der Waals surface area contributed by atoms with E-state index in [1.807, 2.05) is 29.2 Å². The molecule has 1 aliphatic rings. The zero-order valence-corrected chi connectivity index (χ0v) is 11.3. The van der Waals surface area contributed by atoms with Gasteiger partial charge in [0.1, 0.15) is 0 Å². The number of carbonyl (C=O) groups excluding carboxylic acids is 1. The highest BCUT2D eigenvalue weighted by Crippen LogP contribution is 2.24. The molecule has 3 rings (SSSR count). The number of rotatable bonds is 3. The first-order valence-electron chi connectivity index (χ1n) is 7.03. The molecule has 1 saturated heterocycles. The summed E-state index contributed by atoms with van der Waals surface area (Å²) >= 11 is 0. The zero-order chi connectivity index (χ0) is 13.9. The summed E-state index contributed by atoms with van der Waals surface area (Å²) < 4.78 is 0.